The number of hydrogen-bond donors (Lipinski definition) is 1. The molecule has 6 nitrogen and oxygen atoms in total. The highest BCUT2D eigenvalue weighted by molar-refractivity contribution is 9.10. The summed E-state index contributed by atoms with van der Waals surface area (Å²) in [5, 5.41) is 3.71. The first-order chi connectivity index (χ1) is 13.7. The maximum Gasteiger partial charge on any atom is 0.143 e. The molecule has 2 unspecified atom stereocenters. The van der Waals surface area contributed by atoms with Crippen LogP contribution in [0.1, 0.15) is 19.0 Å². The average Bonchev–Trinajstić information content (AvgIpc) is 2.72. The van der Waals surface area contributed by atoms with Crippen molar-refractivity contribution in [2.45, 2.75) is 25.9 Å². The predicted molar refractivity (Wildman–Crippen MR) is 116 cm³/mol. The van der Waals surface area contributed by atoms with E-state index in [0.717, 1.165) is 74.0 Å². The molecule has 0 aromatic carbocycles. The molecule has 0 bridgehead atoms. The van der Waals surface area contributed by atoms with Gasteiger partial charge in [0.15, 0.2) is 0 Å². The van der Waals surface area contributed by atoms with E-state index in [1.807, 2.05) is 18.5 Å². The molecule has 2 aliphatic heterocycles. The molecule has 2 atom stereocenters. The Balaban J connectivity index is 1.34. The second kappa shape index (κ2) is 9.20. The van der Waals surface area contributed by atoms with Crippen LogP contribution in [0.15, 0.2) is 41.1 Å². The lowest BCUT2D eigenvalue weighted by Crippen LogP contribution is -2.44. The molecule has 28 heavy (non-hydrogen) atoms. The van der Waals surface area contributed by atoms with Gasteiger partial charge in [-0.05, 0) is 46.5 Å². The first-order valence-corrected chi connectivity index (χ1v) is 10.9. The molecular weight excluding hydrogens is 418 g/mol. The number of aromatic nitrogens is 2. The highest BCUT2D eigenvalue weighted by Crippen LogP contribution is 2.29. The molecule has 0 saturated carbocycles. The lowest BCUT2D eigenvalue weighted by molar-refractivity contribution is 0.122. The number of likely N-dealkylation sites (tertiary alicyclic amines) is 1. The third-order valence-corrected chi connectivity index (χ3v) is 6.17. The van der Waals surface area contributed by atoms with E-state index in [1.165, 1.54) is 0 Å². The normalized spacial score (nSPS) is 23.6. The predicted octanol–water partition coefficient (Wildman–Crippen LogP) is 3.40. The Morgan fingerprint density at radius 1 is 1.21 bits per heavy atom. The minimum Gasteiger partial charge on any atom is -0.381 e. The molecule has 2 aromatic rings. The number of pyridine rings is 2. The third kappa shape index (κ3) is 4.82. The summed E-state index contributed by atoms with van der Waals surface area (Å²) in [6, 6.07) is 8.76. The Kier molecular flexibility index (Phi) is 6.44. The maximum atomic E-state index is 5.44. The number of anilines is 2. The van der Waals surface area contributed by atoms with E-state index in [1.54, 1.807) is 0 Å². The van der Waals surface area contributed by atoms with Crippen LogP contribution in [0.3, 0.4) is 0 Å². The first kappa shape index (κ1) is 19.6. The van der Waals surface area contributed by atoms with Crippen molar-refractivity contribution in [2.75, 3.05) is 49.6 Å². The van der Waals surface area contributed by atoms with Crippen LogP contribution in [0.25, 0.3) is 0 Å². The van der Waals surface area contributed by atoms with E-state index in [2.05, 4.69) is 61.2 Å². The van der Waals surface area contributed by atoms with E-state index in [0.29, 0.717) is 12.0 Å². The smallest absolute Gasteiger partial charge is 0.143 e. The van der Waals surface area contributed by atoms with Crippen molar-refractivity contribution in [1.29, 1.82) is 0 Å². The topological polar surface area (TPSA) is 53.5 Å². The van der Waals surface area contributed by atoms with Crippen LogP contribution in [-0.2, 0) is 11.3 Å². The molecule has 0 radical (unpaired) electrons. The molecule has 4 rings (SSSR count). The van der Waals surface area contributed by atoms with Crippen LogP contribution in [0.4, 0.5) is 11.5 Å². The Morgan fingerprint density at radius 2 is 2.07 bits per heavy atom. The highest BCUT2D eigenvalue weighted by Gasteiger charge is 2.26. The summed E-state index contributed by atoms with van der Waals surface area (Å²) in [7, 11) is 0. The summed E-state index contributed by atoms with van der Waals surface area (Å²) in [6.07, 6.45) is 4.96. The molecule has 2 saturated heterocycles. The molecule has 7 heteroatoms. The largest absolute Gasteiger partial charge is 0.381 e. The lowest BCUT2D eigenvalue weighted by Gasteiger charge is -2.37. The fourth-order valence-electron chi connectivity index (χ4n) is 4.04. The van der Waals surface area contributed by atoms with Gasteiger partial charge < -0.3 is 15.0 Å². The molecule has 1 N–H and O–H groups in total. The summed E-state index contributed by atoms with van der Waals surface area (Å²) < 4.78 is 6.48. The van der Waals surface area contributed by atoms with Gasteiger partial charge in [0.25, 0.3) is 0 Å². The zero-order valence-corrected chi connectivity index (χ0v) is 17.9. The standard InChI is InChI=1S/C21H28BrN5O/c1-16-14-26(15-17-4-2-3-6-23-17)7-5-20(16)25-18-12-19(22)21(24-13-18)27-8-10-28-11-9-27/h2-4,6,12-13,16,20,25H,5,7-11,14-15H2,1H3. The second-order valence-electron chi connectivity index (χ2n) is 7.70. The lowest BCUT2D eigenvalue weighted by atomic mass is 9.93. The summed E-state index contributed by atoms with van der Waals surface area (Å²) in [5.41, 5.74) is 2.23. The fraction of sp³-hybridized carbons (Fsp3) is 0.524. The monoisotopic (exact) mass is 445 g/mol. The van der Waals surface area contributed by atoms with E-state index >= 15 is 0 Å². The van der Waals surface area contributed by atoms with Crippen LogP contribution < -0.4 is 10.2 Å². The van der Waals surface area contributed by atoms with E-state index in [9.17, 15) is 0 Å². The molecule has 0 aliphatic carbocycles. The van der Waals surface area contributed by atoms with Gasteiger partial charge in [-0.15, -0.1) is 0 Å². The highest BCUT2D eigenvalue weighted by atomic mass is 79.9. The minimum atomic E-state index is 0.461. The summed E-state index contributed by atoms with van der Waals surface area (Å²) in [5.74, 6) is 1.57. The summed E-state index contributed by atoms with van der Waals surface area (Å²) in [4.78, 5) is 13.9. The molecule has 0 amide bonds. The van der Waals surface area contributed by atoms with Crippen LogP contribution >= 0.6 is 15.9 Å². The maximum absolute atomic E-state index is 5.44. The minimum absolute atomic E-state index is 0.461. The van der Waals surface area contributed by atoms with Crippen LogP contribution in [0.5, 0.6) is 0 Å². The van der Waals surface area contributed by atoms with Crippen molar-refractivity contribution in [3.8, 4) is 0 Å². The second-order valence-corrected chi connectivity index (χ2v) is 8.56. The van der Waals surface area contributed by atoms with Crippen LogP contribution in [0, 0.1) is 5.92 Å². The number of morpholine rings is 1. The van der Waals surface area contributed by atoms with Crippen molar-refractivity contribution >= 4 is 27.4 Å². The van der Waals surface area contributed by atoms with Gasteiger partial charge in [-0.3, -0.25) is 9.88 Å². The third-order valence-electron chi connectivity index (χ3n) is 5.59. The van der Waals surface area contributed by atoms with Crippen LogP contribution in [0.2, 0.25) is 0 Å². The van der Waals surface area contributed by atoms with Gasteiger partial charge in [0, 0.05) is 45.0 Å². The molecular formula is C21H28BrN5O. The van der Waals surface area contributed by atoms with Gasteiger partial charge in [-0.1, -0.05) is 13.0 Å². The fourth-order valence-corrected chi connectivity index (χ4v) is 4.64. The van der Waals surface area contributed by atoms with Gasteiger partial charge in [0.05, 0.1) is 35.3 Å². The van der Waals surface area contributed by atoms with Crippen molar-refractivity contribution in [1.82, 2.24) is 14.9 Å². The van der Waals surface area contributed by atoms with Crippen molar-refractivity contribution in [3.05, 3.63) is 46.8 Å². The average molecular weight is 446 g/mol. The Labute approximate surface area is 175 Å². The van der Waals surface area contributed by atoms with Gasteiger partial charge in [-0.2, -0.15) is 0 Å². The van der Waals surface area contributed by atoms with Crippen molar-refractivity contribution < 1.29 is 4.74 Å². The number of rotatable bonds is 5. The number of nitrogens with zero attached hydrogens (tertiary/aromatic N) is 4. The Hall–Kier alpha value is -1.70. The van der Waals surface area contributed by atoms with Gasteiger partial charge in [0.2, 0.25) is 0 Å². The molecule has 4 heterocycles. The molecule has 2 aliphatic rings. The number of hydrogen-bond acceptors (Lipinski definition) is 6. The molecule has 150 valence electrons. The quantitative estimate of drug-likeness (QED) is 0.760. The number of nitrogens with one attached hydrogen (secondary N) is 1. The van der Waals surface area contributed by atoms with Gasteiger partial charge >= 0.3 is 0 Å². The molecule has 0 spiro atoms. The number of halogens is 1. The number of ether oxygens (including phenoxy) is 1. The zero-order chi connectivity index (χ0) is 19.3. The Morgan fingerprint density at radius 3 is 2.79 bits per heavy atom. The first-order valence-electron chi connectivity index (χ1n) is 10.1. The Bertz CT molecular complexity index is 769. The van der Waals surface area contributed by atoms with E-state index in [-0.39, 0.29) is 0 Å². The number of piperidine rings is 1. The SMILES string of the molecule is CC1CN(Cc2ccccn2)CCC1Nc1cnc(N2CCOCC2)c(Br)c1. The zero-order valence-electron chi connectivity index (χ0n) is 16.4. The van der Waals surface area contributed by atoms with Crippen molar-refractivity contribution in [3.63, 3.8) is 0 Å². The van der Waals surface area contributed by atoms with Gasteiger partial charge in [-0.25, -0.2) is 4.98 Å². The summed E-state index contributed by atoms with van der Waals surface area (Å²) in [6.45, 7) is 8.74. The van der Waals surface area contributed by atoms with Crippen molar-refractivity contribution in [2.24, 2.45) is 5.92 Å². The van der Waals surface area contributed by atoms with E-state index < -0.39 is 0 Å². The van der Waals surface area contributed by atoms with Crippen LogP contribution in [-0.4, -0.2) is 60.3 Å². The summed E-state index contributed by atoms with van der Waals surface area (Å²) >= 11 is 3.71. The van der Waals surface area contributed by atoms with E-state index in [4.69, 9.17) is 9.72 Å². The molecule has 2 aromatic heterocycles. The molecule has 2 fully saturated rings. The van der Waals surface area contributed by atoms with Gasteiger partial charge in [0.1, 0.15) is 5.82 Å².